The molecule has 0 aliphatic carbocycles. The van der Waals surface area contributed by atoms with E-state index >= 15 is 0 Å². The topological polar surface area (TPSA) is 114 Å². The van der Waals surface area contributed by atoms with Crippen LogP contribution in [0.25, 0.3) is 10.9 Å². The Kier molecular flexibility index (Phi) is 7.17. The van der Waals surface area contributed by atoms with Crippen molar-refractivity contribution in [3.8, 4) is 11.5 Å². The third-order valence-electron chi connectivity index (χ3n) is 5.70. The molecular formula is C21H30N3O6+. The quantitative estimate of drug-likeness (QED) is 0.468. The molecule has 1 amide bonds. The van der Waals surface area contributed by atoms with E-state index in [1.54, 1.807) is 12.1 Å². The Morgan fingerprint density at radius 3 is 2.60 bits per heavy atom. The predicted octanol–water partition coefficient (Wildman–Crippen LogP) is 0.730. The zero-order chi connectivity index (χ0) is 21.7. The summed E-state index contributed by atoms with van der Waals surface area (Å²) >= 11 is 0. The molecule has 164 valence electrons. The highest BCUT2D eigenvalue weighted by atomic mass is 16.5. The number of aromatic amines is 1. The molecule has 3 rings (SSSR count). The van der Waals surface area contributed by atoms with Gasteiger partial charge in [-0.1, -0.05) is 0 Å². The van der Waals surface area contributed by atoms with E-state index in [0.717, 1.165) is 30.7 Å². The van der Waals surface area contributed by atoms with Crippen LogP contribution < -0.4 is 19.7 Å². The number of rotatable bonds is 8. The number of H-pyrrole nitrogens is 1. The van der Waals surface area contributed by atoms with Gasteiger partial charge in [0, 0.05) is 24.5 Å². The SMILES string of the molecule is COC(=O)c1[nH]c2cc(OC)c(OC)cc2c1NC(=O)C[NH+]1CCCC[C@@H]1CCO. The summed E-state index contributed by atoms with van der Waals surface area (Å²) in [5.74, 6) is 0.212. The summed E-state index contributed by atoms with van der Waals surface area (Å²) in [6.07, 6.45) is 3.86. The number of carbonyl (C=O) groups is 2. The molecule has 1 unspecified atom stereocenters. The van der Waals surface area contributed by atoms with Crippen molar-refractivity contribution in [2.75, 3.05) is 46.3 Å². The van der Waals surface area contributed by atoms with E-state index < -0.39 is 5.97 Å². The number of nitrogens with one attached hydrogen (secondary N) is 3. The smallest absolute Gasteiger partial charge is 0.356 e. The van der Waals surface area contributed by atoms with E-state index in [-0.39, 0.29) is 30.8 Å². The van der Waals surface area contributed by atoms with Gasteiger partial charge in [-0.3, -0.25) is 4.79 Å². The Morgan fingerprint density at radius 1 is 1.20 bits per heavy atom. The molecular weight excluding hydrogens is 390 g/mol. The number of anilines is 1. The molecule has 0 bridgehead atoms. The summed E-state index contributed by atoms with van der Waals surface area (Å²) in [5, 5.41) is 12.8. The largest absolute Gasteiger partial charge is 0.493 e. The van der Waals surface area contributed by atoms with Crippen LogP contribution >= 0.6 is 0 Å². The number of carbonyl (C=O) groups excluding carboxylic acids is 2. The highest BCUT2D eigenvalue weighted by Crippen LogP contribution is 2.37. The molecule has 1 aliphatic rings. The maximum absolute atomic E-state index is 12.9. The van der Waals surface area contributed by atoms with Gasteiger partial charge >= 0.3 is 5.97 Å². The van der Waals surface area contributed by atoms with Crippen LogP contribution in [0.5, 0.6) is 11.5 Å². The van der Waals surface area contributed by atoms with Gasteiger partial charge in [0.05, 0.1) is 45.1 Å². The number of esters is 1. The highest BCUT2D eigenvalue weighted by Gasteiger charge is 2.29. The van der Waals surface area contributed by atoms with Crippen LogP contribution in [-0.2, 0) is 9.53 Å². The predicted molar refractivity (Wildman–Crippen MR) is 111 cm³/mol. The fourth-order valence-corrected chi connectivity index (χ4v) is 4.18. The number of amides is 1. The number of methoxy groups -OCH3 is 3. The van der Waals surface area contributed by atoms with Gasteiger partial charge in [0.2, 0.25) is 0 Å². The molecule has 2 atom stereocenters. The van der Waals surface area contributed by atoms with Crippen molar-refractivity contribution in [2.45, 2.75) is 31.7 Å². The third-order valence-corrected chi connectivity index (χ3v) is 5.70. The molecule has 1 aliphatic heterocycles. The van der Waals surface area contributed by atoms with Gasteiger partial charge in [-0.25, -0.2) is 4.79 Å². The van der Waals surface area contributed by atoms with Crippen molar-refractivity contribution in [1.29, 1.82) is 0 Å². The number of aliphatic hydroxyl groups is 1. The van der Waals surface area contributed by atoms with E-state index in [4.69, 9.17) is 14.2 Å². The number of piperidine rings is 1. The van der Waals surface area contributed by atoms with Crippen LogP contribution in [0.3, 0.4) is 0 Å². The Balaban J connectivity index is 1.91. The first-order chi connectivity index (χ1) is 14.5. The molecule has 1 saturated heterocycles. The lowest BCUT2D eigenvalue weighted by Gasteiger charge is -2.31. The molecule has 1 aromatic carbocycles. The second-order valence-corrected chi connectivity index (χ2v) is 7.46. The highest BCUT2D eigenvalue weighted by molar-refractivity contribution is 6.11. The molecule has 9 nitrogen and oxygen atoms in total. The van der Waals surface area contributed by atoms with Gasteiger partial charge in [-0.05, 0) is 25.3 Å². The molecule has 30 heavy (non-hydrogen) atoms. The summed E-state index contributed by atoms with van der Waals surface area (Å²) in [6.45, 7) is 1.28. The molecule has 1 aromatic heterocycles. The fourth-order valence-electron chi connectivity index (χ4n) is 4.18. The Bertz CT molecular complexity index is 908. The van der Waals surface area contributed by atoms with Gasteiger partial charge in [0.1, 0.15) is 5.69 Å². The van der Waals surface area contributed by atoms with Crippen LogP contribution in [0.4, 0.5) is 5.69 Å². The summed E-state index contributed by atoms with van der Waals surface area (Å²) < 4.78 is 15.6. The van der Waals surface area contributed by atoms with E-state index in [0.29, 0.717) is 34.5 Å². The number of ether oxygens (including phenoxy) is 3. The lowest BCUT2D eigenvalue weighted by Crippen LogP contribution is -3.17. The van der Waals surface area contributed by atoms with Gasteiger partial charge in [0.15, 0.2) is 18.0 Å². The summed E-state index contributed by atoms with van der Waals surface area (Å²) in [6, 6.07) is 3.69. The first-order valence-electron chi connectivity index (χ1n) is 10.1. The fraction of sp³-hybridized carbons (Fsp3) is 0.524. The number of fused-ring (bicyclic) bond motifs is 1. The number of likely N-dealkylation sites (tertiary alicyclic amines) is 1. The standard InChI is InChI=1S/C21H29N3O6/c1-28-16-10-14-15(11-17(16)29-2)22-20(21(27)30-3)19(14)23-18(26)12-24-8-5-4-6-13(24)7-9-25/h10-11,13,22,25H,4-9,12H2,1-3H3,(H,23,26)/p+1/t13-/m1/s1. The number of aromatic nitrogens is 1. The van der Waals surface area contributed by atoms with E-state index in [2.05, 4.69) is 10.3 Å². The second kappa shape index (κ2) is 9.82. The number of benzene rings is 1. The van der Waals surface area contributed by atoms with E-state index in [1.165, 1.54) is 21.3 Å². The molecule has 0 saturated carbocycles. The normalized spacial score (nSPS) is 18.8. The molecule has 1 fully saturated rings. The monoisotopic (exact) mass is 420 g/mol. The van der Waals surface area contributed by atoms with E-state index in [9.17, 15) is 14.7 Å². The van der Waals surface area contributed by atoms with Crippen LogP contribution in [0.1, 0.15) is 36.2 Å². The average molecular weight is 420 g/mol. The van der Waals surface area contributed by atoms with Crippen LogP contribution in [0.15, 0.2) is 12.1 Å². The lowest BCUT2D eigenvalue weighted by atomic mass is 9.99. The molecule has 0 radical (unpaired) electrons. The van der Waals surface area contributed by atoms with Crippen LogP contribution in [0.2, 0.25) is 0 Å². The van der Waals surface area contributed by atoms with Crippen LogP contribution in [-0.4, -0.2) is 69.0 Å². The summed E-state index contributed by atoms with van der Waals surface area (Å²) in [5.41, 5.74) is 1.14. The molecule has 2 heterocycles. The first-order valence-corrected chi connectivity index (χ1v) is 10.1. The molecule has 9 heteroatoms. The summed E-state index contributed by atoms with van der Waals surface area (Å²) in [4.78, 5) is 29.4. The Labute approximate surface area is 175 Å². The lowest BCUT2D eigenvalue weighted by molar-refractivity contribution is -0.923. The second-order valence-electron chi connectivity index (χ2n) is 7.46. The zero-order valence-electron chi connectivity index (χ0n) is 17.7. The van der Waals surface area contributed by atoms with Crippen molar-refractivity contribution in [3.05, 3.63) is 17.8 Å². The minimum Gasteiger partial charge on any atom is -0.493 e. The minimum atomic E-state index is -0.581. The number of quaternary nitrogens is 1. The maximum Gasteiger partial charge on any atom is 0.356 e. The van der Waals surface area contributed by atoms with Crippen molar-refractivity contribution in [2.24, 2.45) is 0 Å². The number of hydrogen-bond acceptors (Lipinski definition) is 6. The maximum atomic E-state index is 12.9. The zero-order valence-corrected chi connectivity index (χ0v) is 17.7. The van der Waals surface area contributed by atoms with Crippen molar-refractivity contribution in [3.63, 3.8) is 0 Å². The molecule has 4 N–H and O–H groups in total. The Morgan fingerprint density at radius 2 is 1.93 bits per heavy atom. The van der Waals surface area contributed by atoms with Gasteiger partial charge in [0.25, 0.3) is 5.91 Å². The van der Waals surface area contributed by atoms with Crippen molar-refractivity contribution >= 4 is 28.5 Å². The average Bonchev–Trinajstić information content (AvgIpc) is 3.10. The van der Waals surface area contributed by atoms with Gasteiger partial charge < -0.3 is 34.5 Å². The third kappa shape index (κ3) is 4.52. The number of aliphatic hydroxyl groups excluding tert-OH is 1. The van der Waals surface area contributed by atoms with Crippen molar-refractivity contribution in [1.82, 2.24) is 4.98 Å². The van der Waals surface area contributed by atoms with Gasteiger partial charge in [-0.15, -0.1) is 0 Å². The minimum absolute atomic E-state index is 0.117. The van der Waals surface area contributed by atoms with Gasteiger partial charge in [-0.2, -0.15) is 0 Å². The van der Waals surface area contributed by atoms with E-state index in [1.807, 2.05) is 0 Å². The number of hydrogen-bond donors (Lipinski definition) is 4. The molecule has 2 aromatic rings. The first kappa shape index (κ1) is 21.9. The van der Waals surface area contributed by atoms with Crippen molar-refractivity contribution < 1.29 is 33.8 Å². The Hall–Kier alpha value is -2.78. The molecule has 0 spiro atoms. The summed E-state index contributed by atoms with van der Waals surface area (Å²) in [7, 11) is 4.34. The van der Waals surface area contributed by atoms with Crippen LogP contribution in [0, 0.1) is 0 Å².